The van der Waals surface area contributed by atoms with E-state index in [0.29, 0.717) is 18.8 Å². The maximum Gasteiger partial charge on any atom is 0.276 e. The molecule has 0 aromatic carbocycles. The van der Waals surface area contributed by atoms with E-state index >= 15 is 0 Å². The van der Waals surface area contributed by atoms with E-state index in [-0.39, 0.29) is 11.2 Å². The largest absolute Gasteiger partial charge is 0.391 e. The molecule has 0 saturated heterocycles. The van der Waals surface area contributed by atoms with Gasteiger partial charge in [-0.15, -0.1) is 11.8 Å². The Labute approximate surface area is 81.7 Å². The van der Waals surface area contributed by atoms with Gasteiger partial charge in [-0.05, 0) is 6.92 Å². The zero-order valence-electron chi connectivity index (χ0n) is 7.92. The normalized spacial score (nSPS) is 8.93. The lowest BCUT2D eigenvalue weighted by Gasteiger charge is -2.04. The average molecular weight is 192 g/mol. The Kier molecular flexibility index (Phi) is 3.56. The van der Waals surface area contributed by atoms with Crippen LogP contribution in [0.5, 0.6) is 0 Å². The zero-order chi connectivity index (χ0) is 10.4. The van der Waals surface area contributed by atoms with Crippen molar-refractivity contribution in [3.05, 3.63) is 16.7 Å². The lowest BCUT2D eigenvalue weighted by molar-refractivity contribution is 1.05. The van der Waals surface area contributed by atoms with Gasteiger partial charge in [0.1, 0.15) is 5.69 Å². The third-order valence-corrected chi connectivity index (χ3v) is 1.61. The van der Waals surface area contributed by atoms with E-state index in [1.165, 1.54) is 6.33 Å². The van der Waals surface area contributed by atoms with Crippen molar-refractivity contribution in [1.29, 1.82) is 0 Å². The molecule has 1 aromatic rings. The standard InChI is InChI=1S/C9H12N4O/c1-2-3-4-5-11-8-7(10)9(14)13-6-12-8/h6H,4-5,10H2,1H3,(H2,11,12,13,14). The van der Waals surface area contributed by atoms with Crippen molar-refractivity contribution >= 4 is 11.5 Å². The molecule has 0 saturated carbocycles. The fourth-order valence-corrected chi connectivity index (χ4v) is 0.920. The van der Waals surface area contributed by atoms with Gasteiger partial charge in [-0.25, -0.2) is 4.98 Å². The fraction of sp³-hybridized carbons (Fsp3) is 0.333. The summed E-state index contributed by atoms with van der Waals surface area (Å²) in [7, 11) is 0. The molecule has 1 aromatic heterocycles. The highest BCUT2D eigenvalue weighted by Gasteiger charge is 2.01. The molecular weight excluding hydrogens is 180 g/mol. The van der Waals surface area contributed by atoms with Crippen molar-refractivity contribution in [2.75, 3.05) is 17.6 Å². The summed E-state index contributed by atoms with van der Waals surface area (Å²) >= 11 is 0. The zero-order valence-corrected chi connectivity index (χ0v) is 7.92. The van der Waals surface area contributed by atoms with Crippen LogP contribution in [0, 0.1) is 11.8 Å². The van der Waals surface area contributed by atoms with Gasteiger partial charge in [0.25, 0.3) is 5.56 Å². The molecule has 0 aliphatic carbocycles. The number of nitrogen functional groups attached to an aromatic ring is 1. The van der Waals surface area contributed by atoms with Crippen molar-refractivity contribution in [3.63, 3.8) is 0 Å². The van der Waals surface area contributed by atoms with Crippen LogP contribution >= 0.6 is 0 Å². The molecule has 0 atom stereocenters. The number of anilines is 2. The first-order valence-corrected chi connectivity index (χ1v) is 4.22. The van der Waals surface area contributed by atoms with Crippen molar-refractivity contribution in [2.24, 2.45) is 0 Å². The van der Waals surface area contributed by atoms with Gasteiger partial charge in [-0.1, -0.05) is 0 Å². The van der Waals surface area contributed by atoms with Gasteiger partial charge in [0.05, 0.1) is 6.33 Å². The molecule has 0 amide bonds. The average Bonchev–Trinajstić information content (AvgIpc) is 2.19. The molecule has 74 valence electrons. The summed E-state index contributed by atoms with van der Waals surface area (Å²) in [6.07, 6.45) is 2.01. The first-order chi connectivity index (χ1) is 6.75. The highest BCUT2D eigenvalue weighted by atomic mass is 16.1. The van der Waals surface area contributed by atoms with E-state index in [2.05, 4.69) is 27.1 Å². The second-order valence-electron chi connectivity index (χ2n) is 2.60. The van der Waals surface area contributed by atoms with Crippen molar-refractivity contribution in [1.82, 2.24) is 9.97 Å². The second kappa shape index (κ2) is 4.92. The van der Waals surface area contributed by atoms with Crippen LogP contribution < -0.4 is 16.6 Å². The van der Waals surface area contributed by atoms with Crippen LogP contribution in [0.15, 0.2) is 11.1 Å². The molecule has 5 nitrogen and oxygen atoms in total. The minimum Gasteiger partial charge on any atom is -0.391 e. The predicted molar refractivity (Wildman–Crippen MR) is 55.8 cm³/mol. The maximum atomic E-state index is 11.0. The SMILES string of the molecule is CC#CCCNc1nc[nH]c(=O)c1N. The molecule has 0 fully saturated rings. The maximum absolute atomic E-state index is 11.0. The molecule has 0 aliphatic heterocycles. The second-order valence-corrected chi connectivity index (χ2v) is 2.60. The Morgan fingerprint density at radius 1 is 1.71 bits per heavy atom. The van der Waals surface area contributed by atoms with E-state index in [0.717, 1.165) is 0 Å². The van der Waals surface area contributed by atoms with E-state index in [1.807, 2.05) is 0 Å². The van der Waals surface area contributed by atoms with Gasteiger partial charge in [-0.2, -0.15) is 0 Å². The molecule has 0 aliphatic rings. The van der Waals surface area contributed by atoms with Gasteiger partial charge >= 0.3 is 0 Å². The molecule has 14 heavy (non-hydrogen) atoms. The number of hydrogen-bond acceptors (Lipinski definition) is 4. The molecular formula is C9H12N4O. The molecule has 1 heterocycles. The quantitative estimate of drug-likeness (QED) is 0.471. The Balaban J connectivity index is 2.62. The Bertz CT molecular complexity index is 413. The minimum absolute atomic E-state index is 0.108. The van der Waals surface area contributed by atoms with Crippen molar-refractivity contribution in [2.45, 2.75) is 13.3 Å². The third kappa shape index (κ3) is 2.52. The van der Waals surface area contributed by atoms with Gasteiger partial charge in [0, 0.05) is 13.0 Å². The summed E-state index contributed by atoms with van der Waals surface area (Å²) in [5, 5.41) is 2.93. The first-order valence-electron chi connectivity index (χ1n) is 4.22. The summed E-state index contributed by atoms with van der Waals surface area (Å²) in [6.45, 7) is 2.40. The van der Waals surface area contributed by atoms with Gasteiger partial charge in [0.2, 0.25) is 0 Å². The van der Waals surface area contributed by atoms with Crippen LogP contribution in [-0.4, -0.2) is 16.5 Å². The summed E-state index contributed by atoms with van der Waals surface area (Å²) in [6, 6.07) is 0. The van der Waals surface area contributed by atoms with E-state index in [4.69, 9.17) is 5.73 Å². The summed E-state index contributed by atoms with van der Waals surface area (Å²) in [5.41, 5.74) is 5.27. The Hall–Kier alpha value is -1.96. The lowest BCUT2D eigenvalue weighted by Crippen LogP contribution is -2.16. The molecule has 5 heteroatoms. The van der Waals surface area contributed by atoms with E-state index in [1.54, 1.807) is 6.92 Å². The van der Waals surface area contributed by atoms with Gasteiger partial charge in [0.15, 0.2) is 5.82 Å². The molecule has 0 bridgehead atoms. The van der Waals surface area contributed by atoms with Crippen LogP contribution in [-0.2, 0) is 0 Å². The smallest absolute Gasteiger partial charge is 0.276 e. The Morgan fingerprint density at radius 3 is 3.21 bits per heavy atom. The number of rotatable bonds is 3. The monoisotopic (exact) mass is 192 g/mol. The van der Waals surface area contributed by atoms with Crippen LogP contribution in [0.2, 0.25) is 0 Å². The van der Waals surface area contributed by atoms with Gasteiger partial charge < -0.3 is 16.0 Å². The van der Waals surface area contributed by atoms with E-state index in [9.17, 15) is 4.79 Å². The summed E-state index contributed by atoms with van der Waals surface area (Å²) in [5.74, 6) is 6.06. The number of H-pyrrole nitrogens is 1. The van der Waals surface area contributed by atoms with Crippen LogP contribution in [0.3, 0.4) is 0 Å². The number of nitrogens with one attached hydrogen (secondary N) is 2. The summed E-state index contributed by atoms with van der Waals surface area (Å²) in [4.78, 5) is 17.3. The summed E-state index contributed by atoms with van der Waals surface area (Å²) < 4.78 is 0. The molecule has 0 unspecified atom stereocenters. The number of aromatic amines is 1. The minimum atomic E-state index is -0.330. The molecule has 0 spiro atoms. The number of nitrogens with zero attached hydrogens (tertiary/aromatic N) is 1. The third-order valence-electron chi connectivity index (χ3n) is 1.61. The van der Waals surface area contributed by atoms with Gasteiger partial charge in [-0.3, -0.25) is 4.79 Å². The van der Waals surface area contributed by atoms with Crippen molar-refractivity contribution in [3.8, 4) is 11.8 Å². The van der Waals surface area contributed by atoms with Crippen molar-refractivity contribution < 1.29 is 0 Å². The highest BCUT2D eigenvalue weighted by Crippen LogP contribution is 2.06. The van der Waals surface area contributed by atoms with Crippen LogP contribution in [0.25, 0.3) is 0 Å². The highest BCUT2D eigenvalue weighted by molar-refractivity contribution is 5.58. The fourth-order valence-electron chi connectivity index (χ4n) is 0.920. The lowest BCUT2D eigenvalue weighted by atomic mass is 10.4. The molecule has 1 rings (SSSR count). The predicted octanol–water partition coefficient (Wildman–Crippen LogP) is 0.177. The molecule has 0 radical (unpaired) electrons. The number of aromatic nitrogens is 2. The topological polar surface area (TPSA) is 83.8 Å². The van der Waals surface area contributed by atoms with Crippen LogP contribution in [0.4, 0.5) is 11.5 Å². The van der Waals surface area contributed by atoms with E-state index < -0.39 is 0 Å². The number of nitrogens with two attached hydrogens (primary N) is 1. The number of hydrogen-bond donors (Lipinski definition) is 3. The molecule has 4 N–H and O–H groups in total. The first kappa shape index (κ1) is 10.1. The Morgan fingerprint density at radius 2 is 2.50 bits per heavy atom. The van der Waals surface area contributed by atoms with Crippen LogP contribution in [0.1, 0.15) is 13.3 Å².